The van der Waals surface area contributed by atoms with Crippen LogP contribution in [0.5, 0.6) is 0 Å². The fourth-order valence-corrected chi connectivity index (χ4v) is 1.24. The molecular formula is C9H11N3O5. The van der Waals surface area contributed by atoms with Crippen molar-refractivity contribution in [2.24, 2.45) is 0 Å². The highest BCUT2D eigenvalue weighted by Gasteiger charge is 2.18. The second-order valence-electron chi connectivity index (χ2n) is 3.21. The van der Waals surface area contributed by atoms with Crippen LogP contribution in [0.15, 0.2) is 15.7 Å². The Kier molecular flexibility index (Phi) is 3.81. The Morgan fingerprint density at radius 1 is 1.35 bits per heavy atom. The molecule has 8 nitrogen and oxygen atoms in total. The molecular weight excluding hydrogens is 230 g/mol. The normalized spacial score (nSPS) is 9.94. The summed E-state index contributed by atoms with van der Waals surface area (Å²) >= 11 is 0. The molecule has 1 amide bonds. The van der Waals surface area contributed by atoms with Crippen LogP contribution >= 0.6 is 0 Å². The van der Waals surface area contributed by atoms with E-state index in [4.69, 9.17) is 5.11 Å². The van der Waals surface area contributed by atoms with Gasteiger partial charge in [0.25, 0.3) is 11.5 Å². The van der Waals surface area contributed by atoms with Gasteiger partial charge in [-0.05, 0) is 6.92 Å². The predicted octanol–water partition coefficient (Wildman–Crippen LogP) is -1.39. The third-order valence-corrected chi connectivity index (χ3v) is 1.99. The van der Waals surface area contributed by atoms with Crippen LogP contribution in [0.4, 0.5) is 0 Å². The van der Waals surface area contributed by atoms with Gasteiger partial charge in [-0.3, -0.25) is 19.4 Å². The Balaban J connectivity index is 3.05. The van der Waals surface area contributed by atoms with Crippen molar-refractivity contribution in [1.29, 1.82) is 0 Å². The van der Waals surface area contributed by atoms with Crippen LogP contribution in [0.1, 0.15) is 17.4 Å². The number of carboxylic acid groups (broad SMARTS) is 1. The monoisotopic (exact) mass is 241 g/mol. The Morgan fingerprint density at radius 3 is 2.47 bits per heavy atom. The van der Waals surface area contributed by atoms with E-state index in [1.807, 2.05) is 4.98 Å². The fraction of sp³-hybridized carbons (Fsp3) is 0.333. The zero-order chi connectivity index (χ0) is 13.0. The Labute approximate surface area is 94.9 Å². The molecule has 1 aromatic heterocycles. The van der Waals surface area contributed by atoms with Crippen molar-refractivity contribution in [2.45, 2.75) is 6.92 Å². The van der Waals surface area contributed by atoms with E-state index < -0.39 is 29.7 Å². The number of hydrogen-bond acceptors (Lipinski definition) is 4. The van der Waals surface area contributed by atoms with E-state index in [1.165, 1.54) is 0 Å². The number of likely N-dealkylation sites (N-methyl/N-ethyl adjacent to an activating group) is 1. The van der Waals surface area contributed by atoms with E-state index in [1.54, 1.807) is 6.92 Å². The number of aliphatic carboxylic acids is 1. The molecule has 0 aliphatic carbocycles. The van der Waals surface area contributed by atoms with Crippen molar-refractivity contribution >= 4 is 11.9 Å². The van der Waals surface area contributed by atoms with Crippen molar-refractivity contribution in [3.05, 3.63) is 32.6 Å². The fourth-order valence-electron chi connectivity index (χ4n) is 1.24. The number of hydrogen-bond donors (Lipinski definition) is 3. The number of H-pyrrole nitrogens is 2. The summed E-state index contributed by atoms with van der Waals surface area (Å²) in [5, 5.41) is 8.59. The number of aromatic nitrogens is 2. The van der Waals surface area contributed by atoms with Gasteiger partial charge in [0, 0.05) is 12.6 Å². The molecule has 0 aliphatic heterocycles. The Morgan fingerprint density at radius 2 is 2.00 bits per heavy atom. The minimum Gasteiger partial charge on any atom is -0.480 e. The Hall–Kier alpha value is -2.38. The number of rotatable bonds is 4. The minimum atomic E-state index is -1.17. The second kappa shape index (κ2) is 5.10. The molecule has 3 N–H and O–H groups in total. The summed E-state index contributed by atoms with van der Waals surface area (Å²) in [6.45, 7) is 1.25. The van der Waals surface area contributed by atoms with Crippen LogP contribution in [0.3, 0.4) is 0 Å². The molecule has 0 bridgehead atoms. The van der Waals surface area contributed by atoms with Crippen molar-refractivity contribution in [1.82, 2.24) is 14.9 Å². The van der Waals surface area contributed by atoms with Crippen LogP contribution in [-0.2, 0) is 4.79 Å². The maximum Gasteiger partial charge on any atom is 0.326 e. The molecule has 0 fully saturated rings. The van der Waals surface area contributed by atoms with Gasteiger partial charge in [0.2, 0.25) is 0 Å². The van der Waals surface area contributed by atoms with Crippen molar-refractivity contribution < 1.29 is 14.7 Å². The van der Waals surface area contributed by atoms with E-state index in [2.05, 4.69) is 4.98 Å². The summed E-state index contributed by atoms with van der Waals surface area (Å²) in [4.78, 5) is 49.2. The highest BCUT2D eigenvalue weighted by Crippen LogP contribution is 1.97. The molecule has 17 heavy (non-hydrogen) atoms. The van der Waals surface area contributed by atoms with E-state index in [9.17, 15) is 19.2 Å². The first-order chi connectivity index (χ1) is 7.93. The number of carbonyl (C=O) groups is 2. The quantitative estimate of drug-likeness (QED) is 0.598. The predicted molar refractivity (Wildman–Crippen MR) is 56.9 cm³/mol. The first-order valence-corrected chi connectivity index (χ1v) is 4.78. The zero-order valence-corrected chi connectivity index (χ0v) is 9.02. The van der Waals surface area contributed by atoms with Gasteiger partial charge in [-0.25, -0.2) is 4.79 Å². The number of aromatic amines is 2. The minimum absolute atomic E-state index is 0.153. The first kappa shape index (κ1) is 12.7. The SMILES string of the molecule is CCN(CC(=O)O)C(=O)c1cc(=O)[nH]c(=O)[nH]1. The van der Waals surface area contributed by atoms with E-state index >= 15 is 0 Å². The van der Waals surface area contributed by atoms with E-state index in [0.717, 1.165) is 11.0 Å². The lowest BCUT2D eigenvalue weighted by molar-refractivity contribution is -0.137. The van der Waals surface area contributed by atoms with E-state index in [-0.39, 0.29) is 12.2 Å². The van der Waals surface area contributed by atoms with Gasteiger partial charge in [-0.2, -0.15) is 0 Å². The molecule has 92 valence electrons. The summed E-state index contributed by atoms with van der Waals surface area (Å²) < 4.78 is 0. The maximum atomic E-state index is 11.8. The van der Waals surface area contributed by atoms with Crippen LogP contribution in [0, 0.1) is 0 Å². The number of carbonyl (C=O) groups excluding carboxylic acids is 1. The molecule has 0 unspecified atom stereocenters. The molecule has 1 rings (SSSR count). The maximum absolute atomic E-state index is 11.8. The highest BCUT2D eigenvalue weighted by atomic mass is 16.4. The van der Waals surface area contributed by atoms with Gasteiger partial charge < -0.3 is 15.0 Å². The molecule has 1 aromatic rings. The number of carboxylic acids is 1. The van der Waals surface area contributed by atoms with Gasteiger partial charge in [0.1, 0.15) is 12.2 Å². The highest BCUT2D eigenvalue weighted by molar-refractivity contribution is 5.93. The van der Waals surface area contributed by atoms with Crippen LogP contribution < -0.4 is 11.2 Å². The second-order valence-corrected chi connectivity index (χ2v) is 3.21. The standard InChI is InChI=1S/C9H11N3O5/c1-2-12(4-7(14)15)8(16)5-3-6(13)11-9(17)10-5/h3H,2,4H2,1H3,(H,14,15)(H2,10,11,13,17). The molecule has 0 saturated carbocycles. The molecule has 8 heteroatoms. The molecule has 0 atom stereocenters. The summed E-state index contributed by atoms with van der Waals surface area (Å²) in [6.07, 6.45) is 0. The van der Waals surface area contributed by atoms with Gasteiger partial charge in [-0.1, -0.05) is 0 Å². The van der Waals surface area contributed by atoms with E-state index in [0.29, 0.717) is 0 Å². The summed E-state index contributed by atoms with van der Waals surface area (Å²) in [7, 11) is 0. The van der Waals surface area contributed by atoms with Gasteiger partial charge in [-0.15, -0.1) is 0 Å². The molecule has 0 aliphatic rings. The van der Waals surface area contributed by atoms with Gasteiger partial charge in [0.05, 0.1) is 0 Å². The number of amides is 1. The van der Waals surface area contributed by atoms with Crippen LogP contribution in [0.25, 0.3) is 0 Å². The topological polar surface area (TPSA) is 123 Å². The molecule has 0 radical (unpaired) electrons. The molecule has 0 saturated heterocycles. The molecule has 0 aromatic carbocycles. The Bertz CT molecular complexity index is 516. The van der Waals surface area contributed by atoms with Gasteiger partial charge >= 0.3 is 11.7 Å². The van der Waals surface area contributed by atoms with Crippen molar-refractivity contribution in [3.8, 4) is 0 Å². The lowest BCUT2D eigenvalue weighted by atomic mass is 10.3. The van der Waals surface area contributed by atoms with Crippen molar-refractivity contribution in [3.63, 3.8) is 0 Å². The third-order valence-electron chi connectivity index (χ3n) is 1.99. The van der Waals surface area contributed by atoms with Gasteiger partial charge in [0.15, 0.2) is 0 Å². The summed E-state index contributed by atoms with van der Waals surface area (Å²) in [5.74, 6) is -1.88. The first-order valence-electron chi connectivity index (χ1n) is 4.78. The third kappa shape index (κ3) is 3.30. The largest absolute Gasteiger partial charge is 0.480 e. The average molecular weight is 241 g/mol. The lowest BCUT2D eigenvalue weighted by Crippen LogP contribution is -2.38. The van der Waals surface area contributed by atoms with Crippen LogP contribution in [0.2, 0.25) is 0 Å². The molecule has 0 spiro atoms. The summed E-state index contributed by atoms with van der Waals surface area (Å²) in [5.41, 5.74) is -1.77. The smallest absolute Gasteiger partial charge is 0.326 e. The zero-order valence-electron chi connectivity index (χ0n) is 9.02. The lowest BCUT2D eigenvalue weighted by Gasteiger charge is -2.17. The molecule has 1 heterocycles. The summed E-state index contributed by atoms with van der Waals surface area (Å²) in [6, 6.07) is 0.911. The number of nitrogens with one attached hydrogen (secondary N) is 2. The van der Waals surface area contributed by atoms with Crippen molar-refractivity contribution in [2.75, 3.05) is 13.1 Å². The average Bonchev–Trinajstić information content (AvgIpc) is 2.23. The van der Waals surface area contributed by atoms with Crippen LogP contribution in [-0.4, -0.2) is 44.9 Å². The number of nitrogens with zero attached hydrogens (tertiary/aromatic N) is 1.